The highest BCUT2D eigenvalue weighted by molar-refractivity contribution is 6.24. The molecule has 4 N–H and O–H groups in total. The van der Waals surface area contributed by atoms with Crippen molar-refractivity contribution in [2.75, 3.05) is 11.9 Å². The molecule has 2 amide bonds. The van der Waals surface area contributed by atoms with E-state index < -0.39 is 58.2 Å². The minimum atomic E-state index is -1.94. The molecular formula is C35H37F4N5O3. The normalized spacial score (nSPS) is 19.3. The summed E-state index contributed by atoms with van der Waals surface area (Å²) in [5.41, 5.74) is -0.165. The lowest BCUT2D eigenvalue weighted by atomic mass is 9.90. The van der Waals surface area contributed by atoms with Crippen molar-refractivity contribution < 1.29 is 32.3 Å². The van der Waals surface area contributed by atoms with Crippen LogP contribution in [0.15, 0.2) is 65.0 Å². The first-order valence-electron chi connectivity index (χ1n) is 14.8. The van der Waals surface area contributed by atoms with E-state index in [4.69, 9.17) is 12.2 Å². The molecule has 1 atom stereocenters. The van der Waals surface area contributed by atoms with E-state index in [2.05, 4.69) is 22.8 Å². The molecule has 0 aromatic heterocycles. The first kappa shape index (κ1) is 35.0. The molecule has 0 spiro atoms. The molecule has 2 aliphatic rings. The van der Waals surface area contributed by atoms with Gasteiger partial charge < -0.3 is 16.2 Å². The summed E-state index contributed by atoms with van der Waals surface area (Å²) in [5, 5.41) is 16.6. The Morgan fingerprint density at radius 3 is 2.49 bits per heavy atom. The van der Waals surface area contributed by atoms with Crippen molar-refractivity contribution in [3.8, 4) is 12.3 Å². The Morgan fingerprint density at radius 2 is 1.89 bits per heavy atom. The maximum Gasteiger partial charge on any atom is 0.277 e. The Hall–Kier alpha value is -4.89. The molecule has 2 aromatic carbocycles. The Labute approximate surface area is 271 Å². The number of hydrogen-bond donors (Lipinski definition) is 3. The zero-order valence-electron chi connectivity index (χ0n) is 26.8. The molecule has 2 aliphatic heterocycles. The Morgan fingerprint density at radius 1 is 1.21 bits per heavy atom. The van der Waals surface area contributed by atoms with Crippen molar-refractivity contribution >= 4 is 29.4 Å². The quantitative estimate of drug-likeness (QED) is 0.0732. The average Bonchev–Trinajstić information content (AvgIpc) is 3.39. The highest BCUT2D eigenvalue weighted by Gasteiger charge is 2.52. The summed E-state index contributed by atoms with van der Waals surface area (Å²) in [5.74, 6) is -2.89. The number of benzene rings is 2. The summed E-state index contributed by atoms with van der Waals surface area (Å²) in [4.78, 5) is 31.7. The molecule has 2 aromatic rings. The van der Waals surface area contributed by atoms with Crippen LogP contribution in [0.1, 0.15) is 69.7 Å². The van der Waals surface area contributed by atoms with Gasteiger partial charge in [0.05, 0.1) is 29.7 Å². The number of carbonyl (C=O) groups excluding carboxylic acids is 2. The molecule has 0 aliphatic carbocycles. The zero-order valence-corrected chi connectivity index (χ0v) is 26.8. The number of nitrogens with two attached hydrogens (primary N) is 1. The van der Waals surface area contributed by atoms with Crippen LogP contribution >= 0.6 is 0 Å². The van der Waals surface area contributed by atoms with Crippen molar-refractivity contribution in [2.24, 2.45) is 10.7 Å². The van der Waals surface area contributed by atoms with Crippen molar-refractivity contribution in [3.63, 3.8) is 0 Å². The fraction of sp³-hybridized carbons (Fsp3) is 0.343. The van der Waals surface area contributed by atoms with Crippen LogP contribution in [0.3, 0.4) is 0 Å². The number of anilines is 1. The molecule has 1 fully saturated rings. The standard InChI is InChI=1S/C35H37F4N5O3/c1-8-21-10-11-22(29(37)28(21)36)18-43-32(47)27(30(45)35(7)14-9-15-44(35)43)31(46)42-25-13-12-23(33(3,4)38)17-24(25)20(2)16-26(41-19-40)34(5,6)39/h1,10-13,16-17,19,45H,2,9,14-15,18H2,3-7H3,(H2,40,41)(H,42,46)/b26-16-/t35-/m1/s1. The summed E-state index contributed by atoms with van der Waals surface area (Å²) in [6.45, 7) is 10.6. The number of aliphatic imine (C=N–C) groups is 1. The number of terminal acetylenes is 1. The van der Waals surface area contributed by atoms with Gasteiger partial charge in [-0.1, -0.05) is 24.6 Å². The number of hydrazine groups is 1. The highest BCUT2D eigenvalue weighted by atomic mass is 19.2. The lowest BCUT2D eigenvalue weighted by molar-refractivity contribution is -0.160. The highest BCUT2D eigenvalue weighted by Crippen LogP contribution is 2.42. The number of allylic oxidation sites excluding steroid dienone is 3. The zero-order chi connectivity index (χ0) is 35.1. The lowest BCUT2D eigenvalue weighted by Crippen LogP contribution is -2.60. The molecule has 0 bridgehead atoms. The van der Waals surface area contributed by atoms with E-state index in [0.717, 1.165) is 11.3 Å². The Kier molecular flexibility index (Phi) is 9.46. The minimum Gasteiger partial charge on any atom is -0.509 e. The van der Waals surface area contributed by atoms with E-state index in [-0.39, 0.29) is 39.2 Å². The number of fused-ring (bicyclic) bond motifs is 1. The Bertz CT molecular complexity index is 1780. The van der Waals surface area contributed by atoms with Crippen LogP contribution in [0, 0.1) is 24.0 Å². The number of alkyl halides is 2. The maximum absolute atomic E-state index is 15.0. The Balaban J connectivity index is 1.78. The summed E-state index contributed by atoms with van der Waals surface area (Å²) in [6, 6.07) is 6.71. The summed E-state index contributed by atoms with van der Waals surface area (Å²) in [6.07, 6.45) is 8.33. The van der Waals surface area contributed by atoms with Crippen LogP contribution in [0.4, 0.5) is 23.2 Å². The van der Waals surface area contributed by atoms with Gasteiger partial charge in [0.25, 0.3) is 11.8 Å². The number of nitrogens with zero attached hydrogens (tertiary/aromatic N) is 3. The lowest BCUT2D eigenvalue weighted by Gasteiger charge is -2.46. The molecule has 2 heterocycles. The van der Waals surface area contributed by atoms with Crippen molar-refractivity contribution in [1.29, 1.82) is 0 Å². The van der Waals surface area contributed by atoms with Crippen LogP contribution in [0.5, 0.6) is 0 Å². The number of halogens is 4. The van der Waals surface area contributed by atoms with Gasteiger partial charge in [0.15, 0.2) is 11.6 Å². The third-order valence-corrected chi connectivity index (χ3v) is 8.39. The van der Waals surface area contributed by atoms with Crippen LogP contribution in [0.25, 0.3) is 5.57 Å². The van der Waals surface area contributed by atoms with Crippen molar-refractivity contribution in [3.05, 3.63) is 93.9 Å². The smallest absolute Gasteiger partial charge is 0.277 e. The fourth-order valence-corrected chi connectivity index (χ4v) is 5.69. The predicted octanol–water partition coefficient (Wildman–Crippen LogP) is 6.35. The van der Waals surface area contributed by atoms with E-state index >= 15 is 4.39 Å². The monoisotopic (exact) mass is 651 g/mol. The van der Waals surface area contributed by atoms with Crippen molar-refractivity contribution in [1.82, 2.24) is 10.0 Å². The first-order chi connectivity index (χ1) is 21.8. The van der Waals surface area contributed by atoms with E-state index in [1.165, 1.54) is 69.1 Å². The van der Waals surface area contributed by atoms with Gasteiger partial charge in [-0.15, -0.1) is 6.42 Å². The third kappa shape index (κ3) is 6.67. The van der Waals surface area contributed by atoms with E-state index in [1.807, 2.05) is 0 Å². The molecule has 4 rings (SSSR count). The molecule has 1 saturated heterocycles. The van der Waals surface area contributed by atoms with Gasteiger partial charge >= 0.3 is 0 Å². The van der Waals surface area contributed by atoms with Gasteiger partial charge in [0.1, 0.15) is 22.7 Å². The van der Waals surface area contributed by atoms with Crippen molar-refractivity contribution in [2.45, 2.75) is 70.9 Å². The van der Waals surface area contributed by atoms with Crippen LogP contribution < -0.4 is 11.1 Å². The predicted molar refractivity (Wildman–Crippen MR) is 173 cm³/mol. The SMILES string of the molecule is C#Cc1ccc(CN2C(=O)C(C(=O)Nc3ccc(C(C)(C)F)cc3C(=C)/C=C(\N=CN)C(C)(C)F)=C(O)[C@@]3(C)CCCN23)c(F)c1F. The number of aliphatic hydroxyl groups is 1. The van der Waals surface area contributed by atoms with Gasteiger partial charge in [-0.05, 0) is 82.9 Å². The van der Waals surface area contributed by atoms with E-state index in [0.29, 0.717) is 19.4 Å². The molecule has 8 nitrogen and oxygen atoms in total. The second-order valence-electron chi connectivity index (χ2n) is 12.6. The molecule has 248 valence electrons. The van der Waals surface area contributed by atoms with E-state index in [1.54, 1.807) is 6.92 Å². The third-order valence-electron chi connectivity index (χ3n) is 8.39. The van der Waals surface area contributed by atoms with Crippen LogP contribution in [-0.4, -0.2) is 51.0 Å². The fourth-order valence-electron chi connectivity index (χ4n) is 5.69. The summed E-state index contributed by atoms with van der Waals surface area (Å²) < 4.78 is 59.5. The molecule has 47 heavy (non-hydrogen) atoms. The number of carbonyl (C=O) groups is 2. The van der Waals surface area contributed by atoms with E-state index in [9.17, 15) is 27.9 Å². The molecule has 0 saturated carbocycles. The van der Waals surface area contributed by atoms with Gasteiger partial charge in [-0.2, -0.15) is 0 Å². The maximum atomic E-state index is 15.0. The topological polar surface area (TPSA) is 111 Å². The van der Waals surface area contributed by atoms with Gasteiger partial charge in [0, 0.05) is 23.4 Å². The molecule has 12 heteroatoms. The first-order valence-corrected chi connectivity index (χ1v) is 14.8. The van der Waals surface area contributed by atoms with Crippen LogP contribution in [0.2, 0.25) is 0 Å². The number of amides is 2. The molecule has 0 unspecified atom stereocenters. The number of aliphatic hydroxyl groups excluding tert-OH is 1. The second-order valence-corrected chi connectivity index (χ2v) is 12.6. The van der Waals surface area contributed by atoms with Crippen LogP contribution in [-0.2, 0) is 21.8 Å². The number of rotatable bonds is 9. The number of nitrogens with one attached hydrogen (secondary N) is 1. The molecular weight excluding hydrogens is 614 g/mol. The largest absolute Gasteiger partial charge is 0.509 e. The summed E-state index contributed by atoms with van der Waals surface area (Å²) in [7, 11) is 0. The number of hydrogen-bond acceptors (Lipinski definition) is 5. The minimum absolute atomic E-state index is 0.0636. The van der Waals surface area contributed by atoms with Gasteiger partial charge in [-0.25, -0.2) is 27.6 Å². The summed E-state index contributed by atoms with van der Waals surface area (Å²) >= 11 is 0. The molecule has 0 radical (unpaired) electrons. The second kappa shape index (κ2) is 12.7. The van der Waals surface area contributed by atoms with Gasteiger partial charge in [0.2, 0.25) is 0 Å². The van der Waals surface area contributed by atoms with Gasteiger partial charge in [-0.3, -0.25) is 14.6 Å². The average molecular weight is 652 g/mol.